The SMILES string of the molecule is COc1ccc(CCNC(=O)CCC(=O)OCCOCCO)cc1OC.COc1ccc(CCNC(=O)CCC(=O)OCCOCCOC(=O)CN)cc1OC. The third-order valence-corrected chi connectivity index (χ3v) is 7.35. The van der Waals surface area contributed by atoms with E-state index in [9.17, 15) is 24.0 Å². The molecule has 0 saturated heterocycles. The average molecular weight is 796 g/mol. The Balaban J connectivity index is 0.000000566. The van der Waals surface area contributed by atoms with E-state index in [4.69, 9.17) is 53.5 Å². The number of esters is 3. The number of carbonyl (C=O) groups is 5. The number of hydrogen-bond acceptors (Lipinski definition) is 16. The molecule has 2 aromatic carbocycles. The number of ether oxygens (including phenoxy) is 9. The topological polar surface area (TPSA) is 239 Å². The molecule has 0 atom stereocenters. The van der Waals surface area contributed by atoms with Crippen molar-refractivity contribution >= 4 is 29.7 Å². The lowest BCUT2D eigenvalue weighted by Gasteiger charge is -2.10. The van der Waals surface area contributed by atoms with Crippen LogP contribution in [0.5, 0.6) is 23.0 Å². The molecule has 18 heteroatoms. The maximum Gasteiger partial charge on any atom is 0.319 e. The number of nitrogens with one attached hydrogen (secondary N) is 2. The molecule has 0 spiro atoms. The highest BCUT2D eigenvalue weighted by molar-refractivity contribution is 5.81. The summed E-state index contributed by atoms with van der Waals surface area (Å²) in [4.78, 5) is 57.5. The van der Waals surface area contributed by atoms with Crippen LogP contribution in [0, 0.1) is 0 Å². The van der Waals surface area contributed by atoms with E-state index in [0.29, 0.717) is 48.9 Å². The van der Waals surface area contributed by atoms with Gasteiger partial charge in [0.05, 0.1) is 80.9 Å². The Kier molecular flexibility index (Phi) is 27.1. The molecule has 2 aromatic rings. The van der Waals surface area contributed by atoms with E-state index < -0.39 is 17.9 Å². The van der Waals surface area contributed by atoms with Crippen molar-refractivity contribution in [1.82, 2.24) is 10.6 Å². The van der Waals surface area contributed by atoms with Crippen molar-refractivity contribution in [3.8, 4) is 23.0 Å². The van der Waals surface area contributed by atoms with E-state index in [-0.39, 0.29) is 96.9 Å². The molecule has 0 unspecified atom stereocenters. The lowest BCUT2D eigenvalue weighted by molar-refractivity contribution is -0.147. The van der Waals surface area contributed by atoms with Crippen molar-refractivity contribution < 1.29 is 71.7 Å². The molecular formula is C38H57N3O15. The predicted molar refractivity (Wildman–Crippen MR) is 202 cm³/mol. The number of amides is 2. The van der Waals surface area contributed by atoms with E-state index in [1.165, 1.54) is 0 Å². The maximum absolute atomic E-state index is 11.9. The first-order valence-electron chi connectivity index (χ1n) is 18.0. The van der Waals surface area contributed by atoms with E-state index in [1.807, 2.05) is 36.4 Å². The molecule has 314 valence electrons. The van der Waals surface area contributed by atoms with Crippen molar-refractivity contribution in [2.75, 3.05) is 101 Å². The smallest absolute Gasteiger partial charge is 0.319 e. The molecule has 2 rings (SSSR count). The van der Waals surface area contributed by atoms with Gasteiger partial charge in [0.2, 0.25) is 11.8 Å². The first-order chi connectivity index (χ1) is 27.1. The van der Waals surface area contributed by atoms with Gasteiger partial charge in [-0.2, -0.15) is 0 Å². The molecule has 0 heterocycles. The van der Waals surface area contributed by atoms with Gasteiger partial charge in [0, 0.05) is 25.9 Å². The van der Waals surface area contributed by atoms with Crippen LogP contribution in [0.25, 0.3) is 0 Å². The fourth-order valence-corrected chi connectivity index (χ4v) is 4.49. The Hall–Kier alpha value is -5.17. The van der Waals surface area contributed by atoms with Crippen LogP contribution in [-0.4, -0.2) is 136 Å². The number of nitrogens with two attached hydrogens (primary N) is 1. The van der Waals surface area contributed by atoms with Gasteiger partial charge in [-0.1, -0.05) is 12.1 Å². The van der Waals surface area contributed by atoms with Crippen LogP contribution in [0.4, 0.5) is 0 Å². The zero-order chi connectivity index (χ0) is 41.4. The molecule has 0 aromatic heterocycles. The van der Waals surface area contributed by atoms with E-state index in [1.54, 1.807) is 28.4 Å². The molecule has 5 N–H and O–H groups in total. The number of aliphatic hydroxyl groups excluding tert-OH is 1. The second-order valence-corrected chi connectivity index (χ2v) is 11.4. The van der Waals surface area contributed by atoms with Crippen molar-refractivity contribution in [2.24, 2.45) is 5.73 Å². The molecule has 0 aliphatic heterocycles. The van der Waals surface area contributed by atoms with Gasteiger partial charge < -0.3 is 64.1 Å². The van der Waals surface area contributed by atoms with E-state index >= 15 is 0 Å². The molecule has 0 fully saturated rings. The zero-order valence-corrected chi connectivity index (χ0v) is 32.7. The van der Waals surface area contributed by atoms with Gasteiger partial charge in [-0.3, -0.25) is 24.0 Å². The lowest BCUT2D eigenvalue weighted by atomic mass is 10.1. The van der Waals surface area contributed by atoms with Crippen LogP contribution < -0.4 is 35.3 Å². The van der Waals surface area contributed by atoms with E-state index in [2.05, 4.69) is 10.6 Å². The minimum Gasteiger partial charge on any atom is -0.493 e. The summed E-state index contributed by atoms with van der Waals surface area (Å²) in [5.74, 6) is 0.684. The molecule has 0 aliphatic carbocycles. The molecule has 0 bridgehead atoms. The first-order valence-corrected chi connectivity index (χ1v) is 18.0. The zero-order valence-electron chi connectivity index (χ0n) is 32.7. The number of carbonyl (C=O) groups excluding carboxylic acids is 5. The Morgan fingerprint density at radius 1 is 0.536 bits per heavy atom. The number of aliphatic hydroxyl groups is 1. The quantitative estimate of drug-likeness (QED) is 0.0532. The highest BCUT2D eigenvalue weighted by Gasteiger charge is 2.11. The molecule has 0 aliphatic rings. The third-order valence-electron chi connectivity index (χ3n) is 7.35. The third kappa shape index (κ3) is 22.9. The number of benzene rings is 2. The molecule has 2 amide bonds. The summed E-state index contributed by atoms with van der Waals surface area (Å²) in [6.07, 6.45) is 1.37. The summed E-state index contributed by atoms with van der Waals surface area (Å²) in [6.45, 7) is 1.69. The summed E-state index contributed by atoms with van der Waals surface area (Å²) < 4.78 is 45.5. The first kappa shape index (κ1) is 48.8. The van der Waals surface area contributed by atoms with E-state index in [0.717, 1.165) is 11.1 Å². The van der Waals surface area contributed by atoms with Crippen molar-refractivity contribution in [2.45, 2.75) is 38.5 Å². The van der Waals surface area contributed by atoms with Crippen LogP contribution in [0.15, 0.2) is 36.4 Å². The fourth-order valence-electron chi connectivity index (χ4n) is 4.49. The maximum atomic E-state index is 11.9. The summed E-state index contributed by atoms with van der Waals surface area (Å²) in [5.41, 5.74) is 7.08. The lowest BCUT2D eigenvalue weighted by Crippen LogP contribution is -2.26. The number of methoxy groups -OCH3 is 4. The minimum atomic E-state index is -0.507. The van der Waals surface area contributed by atoms with Crippen LogP contribution in [0.2, 0.25) is 0 Å². The van der Waals surface area contributed by atoms with Crippen molar-refractivity contribution in [1.29, 1.82) is 0 Å². The second-order valence-electron chi connectivity index (χ2n) is 11.4. The summed E-state index contributed by atoms with van der Waals surface area (Å²) in [7, 11) is 6.28. The highest BCUT2D eigenvalue weighted by Crippen LogP contribution is 2.28. The van der Waals surface area contributed by atoms with Crippen LogP contribution in [-0.2, 0) is 60.5 Å². The fraction of sp³-hybridized carbons (Fsp3) is 0.553. The van der Waals surface area contributed by atoms with Crippen molar-refractivity contribution in [3.63, 3.8) is 0 Å². The van der Waals surface area contributed by atoms with Gasteiger partial charge in [0.25, 0.3) is 0 Å². The van der Waals surface area contributed by atoms with Gasteiger partial charge in [0.1, 0.15) is 19.8 Å². The monoisotopic (exact) mass is 795 g/mol. The largest absolute Gasteiger partial charge is 0.493 e. The van der Waals surface area contributed by atoms with Crippen molar-refractivity contribution in [3.05, 3.63) is 47.5 Å². The number of rotatable bonds is 28. The van der Waals surface area contributed by atoms with Gasteiger partial charge >= 0.3 is 17.9 Å². The summed E-state index contributed by atoms with van der Waals surface area (Å²) in [5, 5.41) is 14.1. The molecule has 18 nitrogen and oxygen atoms in total. The average Bonchev–Trinajstić information content (AvgIpc) is 3.21. The summed E-state index contributed by atoms with van der Waals surface area (Å²) >= 11 is 0. The normalized spacial score (nSPS) is 10.2. The highest BCUT2D eigenvalue weighted by atomic mass is 16.6. The molecule has 0 saturated carbocycles. The molecule has 0 radical (unpaired) electrons. The van der Waals surface area contributed by atoms with Crippen LogP contribution >= 0.6 is 0 Å². The van der Waals surface area contributed by atoms with Crippen LogP contribution in [0.1, 0.15) is 36.8 Å². The Bertz CT molecular complexity index is 1460. The Morgan fingerprint density at radius 3 is 1.30 bits per heavy atom. The van der Waals surface area contributed by atoms with Gasteiger partial charge in [-0.25, -0.2) is 0 Å². The predicted octanol–water partition coefficient (Wildman–Crippen LogP) is 0.899. The standard InChI is InChI=1S/C20H30N2O8.C18H27NO7/c1-26-16-4-3-15(13-17(16)27-2)7-8-22-18(23)5-6-19(24)29-11-9-28-10-12-30-20(25)14-21;1-23-15-4-3-14(13-16(15)24-2)7-8-19-17(21)5-6-18(22)26-12-11-25-10-9-20/h3-4,13H,5-12,14,21H2,1-2H3,(H,22,23);3-4,13,20H,5-12H2,1-2H3,(H,19,21). The van der Waals surface area contributed by atoms with Gasteiger partial charge in [0.15, 0.2) is 23.0 Å². The Labute approximate surface area is 327 Å². The Morgan fingerprint density at radius 2 is 0.929 bits per heavy atom. The summed E-state index contributed by atoms with van der Waals surface area (Å²) in [6, 6.07) is 11.1. The molecular weight excluding hydrogens is 738 g/mol. The minimum absolute atomic E-state index is 0.0161. The van der Waals surface area contributed by atoms with Gasteiger partial charge in [-0.15, -0.1) is 0 Å². The van der Waals surface area contributed by atoms with Crippen LogP contribution in [0.3, 0.4) is 0 Å². The van der Waals surface area contributed by atoms with Gasteiger partial charge in [-0.05, 0) is 48.2 Å². The number of hydrogen-bond donors (Lipinski definition) is 4. The second kappa shape index (κ2) is 31.1. The molecule has 56 heavy (non-hydrogen) atoms.